The van der Waals surface area contributed by atoms with E-state index in [0.717, 1.165) is 6.07 Å². The summed E-state index contributed by atoms with van der Waals surface area (Å²) in [5, 5.41) is 28.9. The van der Waals surface area contributed by atoms with Crippen molar-refractivity contribution < 1.29 is 9.49 Å². The normalized spacial score (nSPS) is 9.37. The van der Waals surface area contributed by atoms with E-state index in [9.17, 15) is 10.1 Å². The first kappa shape index (κ1) is 12.2. The molecule has 0 aliphatic heterocycles. The van der Waals surface area contributed by atoms with E-state index in [-0.39, 0.29) is 22.5 Å². The number of benzene rings is 1. The molecule has 0 aliphatic rings. The zero-order valence-electron chi connectivity index (χ0n) is 9.65. The van der Waals surface area contributed by atoms with Crippen molar-refractivity contribution in [2.75, 3.05) is 0 Å². The Balaban J connectivity index is 2.77. The molecule has 1 aromatic heterocycles. The van der Waals surface area contributed by atoms with Crippen molar-refractivity contribution in [2.45, 2.75) is 0 Å². The Morgan fingerprint density at radius 2 is 1.63 bits per heavy atom. The molecule has 1 heterocycles. The van der Waals surface area contributed by atoms with Gasteiger partial charge in [0.1, 0.15) is 12.1 Å². The Kier molecular flexibility index (Phi) is 3.18. The molecule has 90 valence electrons. The van der Waals surface area contributed by atoms with Crippen LogP contribution in [0.4, 0.5) is 5.69 Å². The lowest BCUT2D eigenvalue weighted by Crippen LogP contribution is -2.30. The topological polar surface area (TPSA) is 94.6 Å². The minimum atomic E-state index is -0.572. The standard InChI is InChI=1S/C13H7N4O2/c14-8-10-6-12(16-4-2-1-3-5-16)13(17(18)19)7-11(10)9-15/h1-7H/q+1. The van der Waals surface area contributed by atoms with Crippen LogP contribution in [-0.2, 0) is 0 Å². The average molecular weight is 251 g/mol. The number of nitriles is 2. The van der Waals surface area contributed by atoms with Crippen LogP contribution in [0.3, 0.4) is 0 Å². The van der Waals surface area contributed by atoms with E-state index >= 15 is 0 Å². The van der Waals surface area contributed by atoms with Gasteiger partial charge in [-0.3, -0.25) is 10.1 Å². The lowest BCUT2D eigenvalue weighted by atomic mass is 10.1. The minimum absolute atomic E-state index is 0.00511. The van der Waals surface area contributed by atoms with Gasteiger partial charge in [-0.05, 0) is 0 Å². The first-order chi connectivity index (χ1) is 9.17. The molecule has 6 nitrogen and oxygen atoms in total. The molecule has 1 aromatic carbocycles. The molecule has 0 N–H and O–H groups in total. The van der Waals surface area contributed by atoms with Crippen molar-refractivity contribution in [2.24, 2.45) is 0 Å². The summed E-state index contributed by atoms with van der Waals surface area (Å²) in [7, 11) is 0. The second-order valence-corrected chi connectivity index (χ2v) is 3.65. The number of hydrogen-bond donors (Lipinski definition) is 0. The molecule has 2 rings (SSSR count). The number of pyridine rings is 1. The molecule has 0 aliphatic carbocycles. The van der Waals surface area contributed by atoms with Crippen molar-refractivity contribution in [1.82, 2.24) is 0 Å². The van der Waals surface area contributed by atoms with Crippen LogP contribution in [0.15, 0.2) is 42.7 Å². The third-order valence-corrected chi connectivity index (χ3v) is 2.55. The SMILES string of the molecule is N#Cc1cc([N+](=O)[O-])c(-[n+]2ccccc2)cc1C#N. The van der Waals surface area contributed by atoms with Crippen molar-refractivity contribution in [3.8, 4) is 17.8 Å². The fourth-order valence-corrected chi connectivity index (χ4v) is 1.67. The molecular formula is C13H7N4O2+. The van der Waals surface area contributed by atoms with Gasteiger partial charge in [0.25, 0.3) is 5.69 Å². The van der Waals surface area contributed by atoms with E-state index in [1.165, 1.54) is 10.6 Å². The van der Waals surface area contributed by atoms with Gasteiger partial charge in [-0.1, -0.05) is 6.07 Å². The highest BCUT2D eigenvalue weighted by molar-refractivity contribution is 5.59. The molecule has 0 saturated heterocycles. The van der Waals surface area contributed by atoms with Gasteiger partial charge in [0.2, 0.25) is 0 Å². The molecule has 19 heavy (non-hydrogen) atoms. The zero-order valence-corrected chi connectivity index (χ0v) is 9.65. The number of hydrogen-bond acceptors (Lipinski definition) is 4. The van der Waals surface area contributed by atoms with Crippen LogP contribution in [0, 0.1) is 32.8 Å². The summed E-state index contributed by atoms with van der Waals surface area (Å²) < 4.78 is 1.53. The van der Waals surface area contributed by atoms with Gasteiger partial charge >= 0.3 is 5.69 Å². The van der Waals surface area contributed by atoms with Gasteiger partial charge in [0.05, 0.1) is 16.1 Å². The molecule has 0 radical (unpaired) electrons. The maximum atomic E-state index is 11.1. The van der Waals surface area contributed by atoms with E-state index in [0.29, 0.717) is 0 Å². The summed E-state index contributed by atoms with van der Waals surface area (Å²) in [5.41, 5.74) is 0.141. The average Bonchev–Trinajstić information content (AvgIpc) is 2.46. The monoisotopic (exact) mass is 251 g/mol. The molecule has 0 atom stereocenters. The molecule has 0 amide bonds. The Bertz CT molecular complexity index is 727. The van der Waals surface area contributed by atoms with Crippen LogP contribution in [-0.4, -0.2) is 4.92 Å². The van der Waals surface area contributed by atoms with E-state index < -0.39 is 4.92 Å². The smallest absolute Gasteiger partial charge is 0.258 e. The zero-order chi connectivity index (χ0) is 13.8. The first-order valence-corrected chi connectivity index (χ1v) is 5.26. The predicted molar refractivity (Wildman–Crippen MR) is 64.1 cm³/mol. The third kappa shape index (κ3) is 2.24. The number of nitro benzene ring substituents is 1. The number of nitrogens with zero attached hydrogens (tertiary/aromatic N) is 4. The Morgan fingerprint density at radius 1 is 1.05 bits per heavy atom. The summed E-state index contributed by atoms with van der Waals surface area (Å²) in [6.45, 7) is 0. The van der Waals surface area contributed by atoms with Crippen molar-refractivity contribution in [1.29, 1.82) is 10.5 Å². The van der Waals surface area contributed by atoms with Crippen LogP contribution >= 0.6 is 0 Å². The number of aromatic nitrogens is 1. The maximum Gasteiger partial charge on any atom is 0.341 e. The molecule has 0 fully saturated rings. The highest BCUT2D eigenvalue weighted by Crippen LogP contribution is 2.23. The Hall–Kier alpha value is -3.25. The second kappa shape index (κ2) is 4.94. The lowest BCUT2D eigenvalue weighted by Gasteiger charge is -1.99. The van der Waals surface area contributed by atoms with E-state index in [4.69, 9.17) is 10.5 Å². The summed E-state index contributed by atoms with van der Waals surface area (Å²) in [5.74, 6) is 0. The molecular weight excluding hydrogens is 244 g/mol. The molecule has 0 unspecified atom stereocenters. The summed E-state index contributed by atoms with van der Waals surface area (Å²) in [6.07, 6.45) is 3.27. The van der Waals surface area contributed by atoms with Gasteiger partial charge in [-0.2, -0.15) is 15.1 Å². The van der Waals surface area contributed by atoms with Gasteiger partial charge in [0, 0.05) is 24.3 Å². The van der Waals surface area contributed by atoms with Gasteiger partial charge in [-0.15, -0.1) is 0 Å². The van der Waals surface area contributed by atoms with Gasteiger partial charge in [-0.25, -0.2) is 0 Å². The fraction of sp³-hybridized carbons (Fsp3) is 0. The Labute approximate surface area is 108 Å². The molecule has 2 aromatic rings. The van der Waals surface area contributed by atoms with E-state index in [1.54, 1.807) is 36.7 Å². The van der Waals surface area contributed by atoms with Crippen molar-refractivity contribution >= 4 is 5.69 Å². The van der Waals surface area contributed by atoms with Crippen molar-refractivity contribution in [3.63, 3.8) is 0 Å². The van der Waals surface area contributed by atoms with Gasteiger partial charge in [0.15, 0.2) is 12.4 Å². The molecule has 0 saturated carbocycles. The minimum Gasteiger partial charge on any atom is -0.258 e. The van der Waals surface area contributed by atoms with Crippen LogP contribution in [0.2, 0.25) is 0 Å². The number of nitro groups is 1. The van der Waals surface area contributed by atoms with E-state index in [1.807, 2.05) is 6.07 Å². The maximum absolute atomic E-state index is 11.1. The Morgan fingerprint density at radius 3 is 2.16 bits per heavy atom. The largest absolute Gasteiger partial charge is 0.341 e. The highest BCUT2D eigenvalue weighted by Gasteiger charge is 2.25. The summed E-state index contributed by atoms with van der Waals surface area (Å²) in [4.78, 5) is 10.5. The van der Waals surface area contributed by atoms with Crippen LogP contribution < -0.4 is 4.57 Å². The lowest BCUT2D eigenvalue weighted by molar-refractivity contribution is -0.600. The third-order valence-electron chi connectivity index (χ3n) is 2.55. The molecule has 6 heteroatoms. The van der Waals surface area contributed by atoms with Crippen LogP contribution in [0.25, 0.3) is 5.69 Å². The van der Waals surface area contributed by atoms with Crippen LogP contribution in [0.5, 0.6) is 0 Å². The second-order valence-electron chi connectivity index (χ2n) is 3.65. The number of rotatable bonds is 2. The van der Waals surface area contributed by atoms with E-state index in [2.05, 4.69) is 0 Å². The summed E-state index contributed by atoms with van der Waals surface area (Å²) >= 11 is 0. The molecule has 0 spiro atoms. The predicted octanol–water partition coefficient (Wildman–Crippen LogP) is 1.61. The van der Waals surface area contributed by atoms with Gasteiger partial charge < -0.3 is 0 Å². The molecule has 0 bridgehead atoms. The van der Waals surface area contributed by atoms with Crippen LogP contribution in [0.1, 0.15) is 11.1 Å². The van der Waals surface area contributed by atoms with Crippen molar-refractivity contribution in [3.05, 3.63) is 64.0 Å². The fourth-order valence-electron chi connectivity index (χ4n) is 1.67. The highest BCUT2D eigenvalue weighted by atomic mass is 16.6. The first-order valence-electron chi connectivity index (χ1n) is 5.26. The quantitative estimate of drug-likeness (QED) is 0.460. The summed E-state index contributed by atoms with van der Waals surface area (Å²) in [6, 6.07) is 11.3.